The molecule has 9 heteroatoms. The highest BCUT2D eigenvalue weighted by molar-refractivity contribution is 6.32. The summed E-state index contributed by atoms with van der Waals surface area (Å²) in [6, 6.07) is 12.5. The average Bonchev–Trinajstić information content (AvgIpc) is 2.73. The Morgan fingerprint density at radius 3 is 2.67 bits per heavy atom. The number of aromatic nitrogens is 2. The molecule has 0 spiro atoms. The maximum Gasteiger partial charge on any atom is 0.339 e. The van der Waals surface area contributed by atoms with Crippen LogP contribution in [0, 0.1) is 5.82 Å². The van der Waals surface area contributed by atoms with Crippen molar-refractivity contribution in [1.29, 1.82) is 0 Å². The van der Waals surface area contributed by atoms with Gasteiger partial charge in [0.25, 0.3) is 0 Å². The van der Waals surface area contributed by atoms with Crippen LogP contribution in [0.15, 0.2) is 54.7 Å². The summed E-state index contributed by atoms with van der Waals surface area (Å²) in [5.41, 5.74) is 0.104. The first-order valence-electron chi connectivity index (χ1n) is 9.05. The summed E-state index contributed by atoms with van der Waals surface area (Å²) in [7, 11) is 0. The van der Waals surface area contributed by atoms with E-state index in [2.05, 4.69) is 15.3 Å². The van der Waals surface area contributed by atoms with Crippen molar-refractivity contribution in [2.24, 2.45) is 0 Å². The third-order valence-corrected chi connectivity index (χ3v) is 4.31. The number of carboxylic acids is 1. The number of nitrogens with zero attached hydrogens (tertiary/aromatic N) is 2. The van der Waals surface area contributed by atoms with Crippen molar-refractivity contribution in [3.05, 3.63) is 76.8 Å². The largest absolute Gasteiger partial charge is 0.487 e. The van der Waals surface area contributed by atoms with Crippen molar-refractivity contribution >= 4 is 23.5 Å². The number of carbonyl (C=O) groups is 1. The fraction of sp³-hybridized carbons (Fsp3) is 0.190. The molecule has 3 aromatic rings. The van der Waals surface area contributed by atoms with Crippen LogP contribution in [-0.2, 0) is 6.61 Å². The Balaban J connectivity index is 1.65. The number of rotatable bonds is 9. The molecule has 156 valence electrons. The molecular weight excluding hydrogens is 413 g/mol. The van der Waals surface area contributed by atoms with Crippen molar-refractivity contribution in [1.82, 2.24) is 9.97 Å². The zero-order valence-electron chi connectivity index (χ0n) is 16.0. The van der Waals surface area contributed by atoms with Crippen LogP contribution < -0.4 is 14.8 Å². The molecule has 0 aliphatic heterocycles. The van der Waals surface area contributed by atoms with E-state index in [-0.39, 0.29) is 29.9 Å². The Bertz CT molecular complexity index is 1020. The van der Waals surface area contributed by atoms with Gasteiger partial charge in [0.15, 0.2) is 0 Å². The number of hydrogen-bond donors (Lipinski definition) is 2. The van der Waals surface area contributed by atoms with Crippen molar-refractivity contribution in [2.75, 3.05) is 11.9 Å². The highest BCUT2D eigenvalue weighted by atomic mass is 35.5. The maximum absolute atomic E-state index is 13.0. The molecule has 0 bridgehead atoms. The molecule has 0 radical (unpaired) electrons. The van der Waals surface area contributed by atoms with Crippen LogP contribution in [0.1, 0.15) is 23.0 Å². The second-order valence-electron chi connectivity index (χ2n) is 6.34. The van der Waals surface area contributed by atoms with E-state index in [1.165, 1.54) is 30.5 Å². The molecule has 0 saturated heterocycles. The smallest absolute Gasteiger partial charge is 0.339 e. The van der Waals surface area contributed by atoms with E-state index < -0.39 is 11.8 Å². The van der Waals surface area contributed by atoms with E-state index >= 15 is 0 Å². The van der Waals surface area contributed by atoms with E-state index in [4.69, 9.17) is 21.1 Å². The molecule has 0 saturated carbocycles. The van der Waals surface area contributed by atoms with Crippen LogP contribution in [0.3, 0.4) is 0 Å². The first-order valence-corrected chi connectivity index (χ1v) is 9.43. The minimum absolute atomic E-state index is 0.0805. The zero-order chi connectivity index (χ0) is 21.5. The number of benzene rings is 2. The second-order valence-corrected chi connectivity index (χ2v) is 6.75. The third kappa shape index (κ3) is 5.81. The van der Waals surface area contributed by atoms with E-state index in [0.717, 1.165) is 0 Å². The summed E-state index contributed by atoms with van der Waals surface area (Å²) in [5.74, 6) is -0.385. The second kappa shape index (κ2) is 9.89. The lowest BCUT2D eigenvalue weighted by atomic mass is 10.2. The summed E-state index contributed by atoms with van der Waals surface area (Å²) < 4.78 is 24.3. The van der Waals surface area contributed by atoms with Gasteiger partial charge in [-0.3, -0.25) is 0 Å². The molecule has 0 aliphatic carbocycles. The predicted molar refractivity (Wildman–Crippen MR) is 110 cm³/mol. The predicted octanol–water partition coefficient (Wildman–Crippen LogP) is 4.43. The first kappa shape index (κ1) is 21.3. The Morgan fingerprint density at radius 2 is 1.97 bits per heavy atom. The van der Waals surface area contributed by atoms with Crippen LogP contribution in [0.25, 0.3) is 0 Å². The highest BCUT2D eigenvalue weighted by Gasteiger charge is 2.15. The molecule has 2 N–H and O–H groups in total. The summed E-state index contributed by atoms with van der Waals surface area (Å²) in [6.07, 6.45) is 0.951. The number of para-hydroxylation sites is 1. The third-order valence-electron chi connectivity index (χ3n) is 4.00. The Kier molecular flexibility index (Phi) is 7.03. The Hall–Kier alpha value is -3.39. The summed E-state index contributed by atoms with van der Waals surface area (Å²) in [4.78, 5) is 19.7. The van der Waals surface area contributed by atoms with Gasteiger partial charge in [-0.15, -0.1) is 0 Å². The van der Waals surface area contributed by atoms with Gasteiger partial charge in [0.2, 0.25) is 5.95 Å². The Labute approximate surface area is 177 Å². The summed E-state index contributed by atoms with van der Waals surface area (Å²) >= 11 is 6.09. The number of hydrogen-bond acceptors (Lipinski definition) is 6. The lowest BCUT2D eigenvalue weighted by molar-refractivity contribution is 0.0692. The summed E-state index contributed by atoms with van der Waals surface area (Å²) in [6.45, 7) is 2.09. The van der Waals surface area contributed by atoms with Crippen LogP contribution in [-0.4, -0.2) is 33.7 Å². The number of carboxylic acid groups (broad SMARTS) is 1. The number of aromatic carboxylic acids is 1. The van der Waals surface area contributed by atoms with Crippen molar-refractivity contribution in [3.63, 3.8) is 0 Å². The summed E-state index contributed by atoms with van der Waals surface area (Å²) in [5, 5.41) is 12.9. The molecule has 7 nitrogen and oxygen atoms in total. The van der Waals surface area contributed by atoms with Crippen LogP contribution in [0.5, 0.6) is 11.5 Å². The van der Waals surface area contributed by atoms with Gasteiger partial charge in [0.05, 0.1) is 17.3 Å². The number of halogens is 2. The van der Waals surface area contributed by atoms with E-state index in [9.17, 15) is 14.3 Å². The molecule has 0 amide bonds. The van der Waals surface area contributed by atoms with Gasteiger partial charge in [-0.05, 0) is 43.3 Å². The molecule has 30 heavy (non-hydrogen) atoms. The van der Waals surface area contributed by atoms with E-state index in [1.807, 2.05) is 19.1 Å². The molecule has 1 atom stereocenters. The van der Waals surface area contributed by atoms with Crippen LogP contribution in [0.2, 0.25) is 5.02 Å². The lowest BCUT2D eigenvalue weighted by Crippen LogP contribution is -2.24. The fourth-order valence-electron chi connectivity index (χ4n) is 2.51. The van der Waals surface area contributed by atoms with Gasteiger partial charge in [-0.1, -0.05) is 23.7 Å². The standard InChI is InChI=1S/C21H19ClFN3O4/c1-13(30-19-5-3-2-4-17(19)22)10-24-21-25-11-16(20(27)28)18(26-21)12-29-15-8-6-14(23)7-9-15/h2-9,11,13H,10,12H2,1H3,(H,27,28)(H,24,25,26). The molecular formula is C21H19ClFN3O4. The van der Waals surface area contributed by atoms with Crippen LogP contribution in [0.4, 0.5) is 10.3 Å². The molecule has 3 rings (SSSR count). The number of nitrogens with one attached hydrogen (secondary N) is 1. The monoisotopic (exact) mass is 431 g/mol. The normalized spacial score (nSPS) is 11.6. The fourth-order valence-corrected chi connectivity index (χ4v) is 2.69. The van der Waals surface area contributed by atoms with Gasteiger partial charge < -0.3 is 19.9 Å². The van der Waals surface area contributed by atoms with Gasteiger partial charge in [-0.2, -0.15) is 0 Å². The molecule has 0 fully saturated rings. The average molecular weight is 432 g/mol. The van der Waals surface area contributed by atoms with E-state index in [0.29, 0.717) is 23.1 Å². The topological polar surface area (TPSA) is 93.6 Å². The lowest BCUT2D eigenvalue weighted by Gasteiger charge is -2.17. The van der Waals surface area contributed by atoms with Gasteiger partial charge in [-0.25, -0.2) is 19.2 Å². The van der Waals surface area contributed by atoms with Crippen LogP contribution >= 0.6 is 11.6 Å². The first-order chi connectivity index (χ1) is 14.4. The van der Waals surface area contributed by atoms with Gasteiger partial charge >= 0.3 is 5.97 Å². The molecule has 2 aromatic carbocycles. The highest BCUT2D eigenvalue weighted by Crippen LogP contribution is 2.24. The maximum atomic E-state index is 13.0. The van der Waals surface area contributed by atoms with Gasteiger partial charge in [0, 0.05) is 6.20 Å². The van der Waals surface area contributed by atoms with Crippen molar-refractivity contribution in [2.45, 2.75) is 19.6 Å². The van der Waals surface area contributed by atoms with E-state index in [1.54, 1.807) is 12.1 Å². The quantitative estimate of drug-likeness (QED) is 0.517. The number of anilines is 1. The Morgan fingerprint density at radius 1 is 1.23 bits per heavy atom. The molecule has 1 aromatic heterocycles. The number of ether oxygens (including phenoxy) is 2. The zero-order valence-corrected chi connectivity index (χ0v) is 16.8. The minimum atomic E-state index is -1.17. The molecule has 1 unspecified atom stereocenters. The molecule has 1 heterocycles. The molecule has 0 aliphatic rings. The van der Waals surface area contributed by atoms with Crippen molar-refractivity contribution in [3.8, 4) is 11.5 Å². The van der Waals surface area contributed by atoms with Gasteiger partial charge in [0.1, 0.15) is 35.6 Å². The SMILES string of the molecule is CC(CNc1ncc(C(=O)O)c(COc2ccc(F)cc2)n1)Oc1ccccc1Cl. The van der Waals surface area contributed by atoms with Crippen molar-refractivity contribution < 1.29 is 23.8 Å². The minimum Gasteiger partial charge on any atom is -0.487 e.